The first kappa shape index (κ1) is 9.35. The monoisotopic (exact) mass is 184 g/mol. The summed E-state index contributed by atoms with van der Waals surface area (Å²) in [5.41, 5.74) is 1.09. The van der Waals surface area contributed by atoms with Crippen LogP contribution in [0, 0.1) is 0 Å². The van der Waals surface area contributed by atoms with Gasteiger partial charge in [-0.05, 0) is 23.7 Å². The zero-order chi connectivity index (χ0) is 8.81. The summed E-state index contributed by atoms with van der Waals surface area (Å²) in [6.07, 6.45) is 3.71. The molecular weight excluding hydrogens is 172 g/mol. The summed E-state index contributed by atoms with van der Waals surface area (Å²) >= 11 is 1.36. The molecule has 1 aromatic rings. The third-order valence-corrected chi connectivity index (χ3v) is 1.78. The third-order valence-electron chi connectivity index (χ3n) is 1.42. The molecule has 0 radical (unpaired) electrons. The SMILES string of the molecule is CNc1ccc(COSC)cn1. The Morgan fingerprint density at radius 2 is 2.42 bits per heavy atom. The highest BCUT2D eigenvalue weighted by atomic mass is 32.2. The average Bonchev–Trinajstić information content (AvgIpc) is 2.15. The second-order valence-corrected chi connectivity index (χ2v) is 2.80. The fraction of sp³-hybridized carbons (Fsp3) is 0.375. The van der Waals surface area contributed by atoms with Crippen molar-refractivity contribution in [3.8, 4) is 0 Å². The van der Waals surface area contributed by atoms with E-state index >= 15 is 0 Å². The number of pyridine rings is 1. The Labute approximate surface area is 76.7 Å². The number of nitrogens with zero attached hydrogens (tertiary/aromatic N) is 1. The van der Waals surface area contributed by atoms with E-state index in [4.69, 9.17) is 4.18 Å². The maximum absolute atomic E-state index is 5.15. The maximum atomic E-state index is 5.15. The molecule has 0 aliphatic rings. The Bertz CT molecular complexity index is 225. The van der Waals surface area contributed by atoms with Gasteiger partial charge in [0.1, 0.15) is 5.82 Å². The van der Waals surface area contributed by atoms with Gasteiger partial charge >= 0.3 is 0 Å². The Kier molecular flexibility index (Phi) is 3.90. The summed E-state index contributed by atoms with van der Waals surface area (Å²) < 4.78 is 5.15. The van der Waals surface area contributed by atoms with Crippen molar-refractivity contribution in [2.75, 3.05) is 18.6 Å². The smallest absolute Gasteiger partial charge is 0.125 e. The van der Waals surface area contributed by atoms with Crippen molar-refractivity contribution in [3.63, 3.8) is 0 Å². The standard InChI is InChI=1S/C8H12N2OS/c1-9-8-4-3-7(5-10-8)6-11-12-2/h3-5H,6H2,1-2H3,(H,9,10). The predicted octanol–water partition coefficient (Wildman–Crippen LogP) is 1.92. The lowest BCUT2D eigenvalue weighted by Gasteiger charge is -2.01. The number of anilines is 1. The first-order valence-corrected chi connectivity index (χ1v) is 4.80. The molecule has 1 aromatic heterocycles. The maximum Gasteiger partial charge on any atom is 0.125 e. The lowest BCUT2D eigenvalue weighted by Crippen LogP contribution is -1.93. The lowest BCUT2D eigenvalue weighted by atomic mass is 10.3. The van der Waals surface area contributed by atoms with Gasteiger partial charge < -0.3 is 9.50 Å². The largest absolute Gasteiger partial charge is 0.373 e. The van der Waals surface area contributed by atoms with Gasteiger partial charge in [-0.15, -0.1) is 0 Å². The van der Waals surface area contributed by atoms with E-state index in [1.807, 2.05) is 31.6 Å². The van der Waals surface area contributed by atoms with Crippen molar-refractivity contribution >= 4 is 17.9 Å². The zero-order valence-corrected chi connectivity index (χ0v) is 8.02. The molecule has 4 heteroatoms. The molecule has 0 fully saturated rings. The molecule has 0 aromatic carbocycles. The summed E-state index contributed by atoms with van der Waals surface area (Å²) in [6.45, 7) is 0.609. The molecule has 0 saturated carbocycles. The molecule has 3 nitrogen and oxygen atoms in total. The van der Waals surface area contributed by atoms with Gasteiger partial charge in [0.15, 0.2) is 0 Å². The van der Waals surface area contributed by atoms with Crippen LogP contribution >= 0.6 is 12.0 Å². The van der Waals surface area contributed by atoms with Crippen molar-refractivity contribution in [3.05, 3.63) is 23.9 Å². The van der Waals surface area contributed by atoms with E-state index in [1.54, 1.807) is 0 Å². The summed E-state index contributed by atoms with van der Waals surface area (Å²) in [5, 5.41) is 2.95. The van der Waals surface area contributed by atoms with Crippen LogP contribution < -0.4 is 5.32 Å². The van der Waals surface area contributed by atoms with Crippen LogP contribution in [0.2, 0.25) is 0 Å². The molecule has 0 amide bonds. The molecule has 66 valence electrons. The van der Waals surface area contributed by atoms with E-state index in [1.165, 1.54) is 12.0 Å². The second-order valence-electron chi connectivity index (χ2n) is 2.23. The minimum Gasteiger partial charge on any atom is -0.373 e. The molecule has 0 unspecified atom stereocenters. The summed E-state index contributed by atoms with van der Waals surface area (Å²) in [7, 11) is 1.85. The number of nitrogens with one attached hydrogen (secondary N) is 1. The first-order valence-electron chi connectivity index (χ1n) is 3.65. The van der Waals surface area contributed by atoms with Gasteiger partial charge in [-0.25, -0.2) is 4.98 Å². The van der Waals surface area contributed by atoms with E-state index < -0.39 is 0 Å². The first-order chi connectivity index (χ1) is 5.86. The highest BCUT2D eigenvalue weighted by molar-refractivity contribution is 7.93. The molecule has 0 spiro atoms. The van der Waals surface area contributed by atoms with Crippen LogP contribution in [0.15, 0.2) is 18.3 Å². The molecular formula is C8H12N2OS. The van der Waals surface area contributed by atoms with Gasteiger partial charge in [0.25, 0.3) is 0 Å². The summed E-state index contributed by atoms with van der Waals surface area (Å²) in [5.74, 6) is 0.878. The minimum atomic E-state index is 0.609. The van der Waals surface area contributed by atoms with Crippen LogP contribution in [0.1, 0.15) is 5.56 Å². The number of hydrogen-bond acceptors (Lipinski definition) is 4. The molecule has 0 saturated heterocycles. The Hall–Kier alpha value is -0.740. The minimum absolute atomic E-state index is 0.609. The number of aromatic nitrogens is 1. The van der Waals surface area contributed by atoms with E-state index in [9.17, 15) is 0 Å². The van der Waals surface area contributed by atoms with Crippen LogP contribution in [0.25, 0.3) is 0 Å². The van der Waals surface area contributed by atoms with Crippen molar-refractivity contribution in [2.24, 2.45) is 0 Å². The van der Waals surface area contributed by atoms with Gasteiger partial charge in [-0.1, -0.05) is 6.07 Å². The fourth-order valence-corrected chi connectivity index (χ4v) is 1.04. The molecule has 1 N–H and O–H groups in total. The van der Waals surface area contributed by atoms with Gasteiger partial charge in [0.05, 0.1) is 6.61 Å². The number of hydrogen-bond donors (Lipinski definition) is 1. The van der Waals surface area contributed by atoms with Crippen LogP contribution in [0.3, 0.4) is 0 Å². The van der Waals surface area contributed by atoms with Crippen LogP contribution in [-0.2, 0) is 10.8 Å². The lowest BCUT2D eigenvalue weighted by molar-refractivity contribution is 0.365. The molecule has 0 aliphatic carbocycles. The molecule has 1 heterocycles. The zero-order valence-electron chi connectivity index (χ0n) is 7.20. The predicted molar refractivity (Wildman–Crippen MR) is 52.1 cm³/mol. The molecule has 0 bridgehead atoms. The third kappa shape index (κ3) is 2.71. The number of rotatable bonds is 4. The fourth-order valence-electron chi connectivity index (χ4n) is 0.785. The van der Waals surface area contributed by atoms with Crippen LogP contribution in [0.4, 0.5) is 5.82 Å². The Morgan fingerprint density at radius 1 is 1.58 bits per heavy atom. The average molecular weight is 184 g/mol. The Morgan fingerprint density at radius 3 is 2.92 bits per heavy atom. The molecule has 0 aliphatic heterocycles. The Balaban J connectivity index is 2.53. The summed E-state index contributed by atoms with van der Waals surface area (Å²) in [4.78, 5) is 4.15. The van der Waals surface area contributed by atoms with Gasteiger partial charge in [0.2, 0.25) is 0 Å². The molecule has 1 rings (SSSR count). The van der Waals surface area contributed by atoms with Gasteiger partial charge in [-0.3, -0.25) is 0 Å². The highest BCUT2D eigenvalue weighted by Gasteiger charge is 1.93. The van der Waals surface area contributed by atoms with Crippen LogP contribution in [-0.4, -0.2) is 18.3 Å². The van der Waals surface area contributed by atoms with Gasteiger partial charge in [-0.2, -0.15) is 0 Å². The van der Waals surface area contributed by atoms with Crippen molar-refractivity contribution in [1.29, 1.82) is 0 Å². The van der Waals surface area contributed by atoms with Crippen molar-refractivity contribution in [1.82, 2.24) is 4.98 Å². The quantitative estimate of drug-likeness (QED) is 0.725. The van der Waals surface area contributed by atoms with Gasteiger partial charge in [0, 0.05) is 19.5 Å². The molecule has 0 atom stereocenters. The summed E-state index contributed by atoms with van der Waals surface area (Å²) in [6, 6.07) is 3.92. The van der Waals surface area contributed by atoms with E-state index in [-0.39, 0.29) is 0 Å². The van der Waals surface area contributed by atoms with Crippen molar-refractivity contribution in [2.45, 2.75) is 6.61 Å². The second kappa shape index (κ2) is 5.00. The van der Waals surface area contributed by atoms with E-state index in [2.05, 4.69) is 10.3 Å². The normalized spacial score (nSPS) is 9.83. The van der Waals surface area contributed by atoms with Crippen LogP contribution in [0.5, 0.6) is 0 Å². The topological polar surface area (TPSA) is 34.1 Å². The van der Waals surface area contributed by atoms with Crippen molar-refractivity contribution < 1.29 is 4.18 Å². The molecule has 12 heavy (non-hydrogen) atoms. The van der Waals surface area contributed by atoms with E-state index in [0.29, 0.717) is 6.61 Å². The highest BCUT2D eigenvalue weighted by Crippen LogP contribution is 2.07. The van der Waals surface area contributed by atoms with E-state index in [0.717, 1.165) is 11.4 Å².